The zero-order chi connectivity index (χ0) is 35.4. The Morgan fingerprint density at radius 1 is 0.958 bits per heavy atom. The number of carbonyl (C=O) groups excluding carboxylic acids is 5. The summed E-state index contributed by atoms with van der Waals surface area (Å²) in [6, 6.07) is -3.86. The quantitative estimate of drug-likeness (QED) is 0.166. The summed E-state index contributed by atoms with van der Waals surface area (Å²) in [6.45, 7) is 7.36. The molecule has 4 fully saturated rings. The van der Waals surface area contributed by atoms with Crippen LogP contribution in [0.15, 0.2) is 0 Å². The number of hydrogen-bond acceptors (Lipinski definition) is 7. The summed E-state index contributed by atoms with van der Waals surface area (Å²) < 4.78 is 26.1. The summed E-state index contributed by atoms with van der Waals surface area (Å²) in [6.07, 6.45) is 8.02. The maximum absolute atomic E-state index is 14.4. The number of likely N-dealkylation sites (tertiary alicyclic amines) is 1. The van der Waals surface area contributed by atoms with E-state index in [0.29, 0.717) is 32.1 Å². The first-order chi connectivity index (χ1) is 22.5. The molecule has 2 aliphatic carbocycles. The van der Waals surface area contributed by atoms with Crippen molar-refractivity contribution in [3.63, 3.8) is 0 Å². The van der Waals surface area contributed by atoms with Crippen molar-refractivity contribution in [2.24, 2.45) is 11.3 Å². The number of nitrogens with zero attached hydrogens (tertiary/aromatic N) is 1. The molecule has 48 heavy (non-hydrogen) atoms. The summed E-state index contributed by atoms with van der Waals surface area (Å²) in [5, 5.41) is 10.6. The molecule has 5 atom stereocenters. The van der Waals surface area contributed by atoms with Gasteiger partial charge in [-0.05, 0) is 56.8 Å². The molecule has 272 valence electrons. The third-order valence-electron chi connectivity index (χ3n) is 10.3. The van der Waals surface area contributed by atoms with Crippen LogP contribution >= 0.6 is 23.2 Å². The largest absolute Gasteiger partial charge is 0.347 e. The van der Waals surface area contributed by atoms with Crippen molar-refractivity contribution in [3.05, 3.63) is 0 Å². The van der Waals surface area contributed by atoms with Gasteiger partial charge in [0, 0.05) is 18.5 Å². The fourth-order valence-corrected chi connectivity index (χ4v) is 10.2. The average molecular weight is 735 g/mol. The SMILES string of the molecule is CCCC[C@H](NC(=O)[C@@H]1C[C@@H](C(Cl)Cl)CN1C(=O)[C@@H](NC(=O)NC1(C2CCCS2(=O)=O)CCCCC1)C(C)(C)C)C(=O)C(=O)NC1CC1. The highest BCUT2D eigenvalue weighted by atomic mass is 35.5. The van der Waals surface area contributed by atoms with Crippen molar-refractivity contribution in [2.45, 2.75) is 151 Å². The predicted molar refractivity (Wildman–Crippen MR) is 184 cm³/mol. The van der Waals surface area contributed by atoms with Crippen LogP contribution in [0.25, 0.3) is 0 Å². The van der Waals surface area contributed by atoms with Crippen molar-refractivity contribution in [2.75, 3.05) is 12.3 Å². The van der Waals surface area contributed by atoms with Gasteiger partial charge in [0.1, 0.15) is 16.9 Å². The summed E-state index contributed by atoms with van der Waals surface area (Å²) >= 11 is 12.5. The Labute approximate surface area is 294 Å². The molecule has 12 nitrogen and oxygen atoms in total. The molecule has 0 aromatic carbocycles. The zero-order valence-corrected chi connectivity index (χ0v) is 30.9. The maximum atomic E-state index is 14.4. The van der Waals surface area contributed by atoms with Crippen LogP contribution in [0.3, 0.4) is 0 Å². The number of alkyl halides is 2. The van der Waals surface area contributed by atoms with Crippen LogP contribution in [0.5, 0.6) is 0 Å². The van der Waals surface area contributed by atoms with Crippen LogP contribution < -0.4 is 21.3 Å². The average Bonchev–Trinajstić information content (AvgIpc) is 3.57. The molecule has 2 saturated carbocycles. The van der Waals surface area contributed by atoms with Gasteiger partial charge in [-0.3, -0.25) is 19.2 Å². The second kappa shape index (κ2) is 15.8. The fourth-order valence-electron chi connectivity index (χ4n) is 7.46. The number of ketones is 1. The molecule has 0 bridgehead atoms. The lowest BCUT2D eigenvalue weighted by atomic mass is 9.78. The summed E-state index contributed by atoms with van der Waals surface area (Å²) in [5.74, 6) is -2.94. The fraction of sp³-hybridized carbons (Fsp3) is 0.848. The minimum absolute atomic E-state index is 0.0216. The number of nitrogens with one attached hydrogen (secondary N) is 4. The number of Topliss-reactive ketones (excluding diaryl/α,β-unsaturated/α-hetero) is 1. The number of hydrogen-bond donors (Lipinski definition) is 4. The van der Waals surface area contributed by atoms with Crippen molar-refractivity contribution in [1.29, 1.82) is 0 Å². The van der Waals surface area contributed by atoms with Crippen LogP contribution in [0, 0.1) is 11.3 Å². The first-order valence-electron chi connectivity index (χ1n) is 17.5. The first-order valence-corrected chi connectivity index (χ1v) is 20.1. The molecule has 1 unspecified atom stereocenters. The van der Waals surface area contributed by atoms with E-state index in [-0.39, 0.29) is 31.2 Å². The van der Waals surface area contributed by atoms with Gasteiger partial charge in [-0.1, -0.05) is 59.8 Å². The number of rotatable bonds is 13. The number of sulfone groups is 1. The van der Waals surface area contributed by atoms with Gasteiger partial charge in [0.25, 0.3) is 5.91 Å². The molecule has 15 heteroatoms. The molecule has 4 N–H and O–H groups in total. The second-order valence-electron chi connectivity index (χ2n) is 15.3. The molecule has 2 saturated heterocycles. The van der Waals surface area contributed by atoms with E-state index < -0.39 is 84.5 Å². The predicted octanol–water partition coefficient (Wildman–Crippen LogP) is 3.52. The van der Waals surface area contributed by atoms with E-state index in [1.54, 1.807) is 20.8 Å². The normalized spacial score (nSPS) is 26.4. The van der Waals surface area contributed by atoms with Crippen LogP contribution in [0.4, 0.5) is 4.79 Å². The molecule has 0 aromatic rings. The molecule has 0 radical (unpaired) electrons. The molecule has 0 aromatic heterocycles. The molecule has 4 aliphatic rings. The van der Waals surface area contributed by atoms with Crippen LogP contribution in [0.1, 0.15) is 111 Å². The van der Waals surface area contributed by atoms with E-state index in [1.165, 1.54) is 4.90 Å². The lowest BCUT2D eigenvalue weighted by Gasteiger charge is -2.43. The van der Waals surface area contributed by atoms with E-state index in [0.717, 1.165) is 38.5 Å². The smallest absolute Gasteiger partial charge is 0.315 e. The highest BCUT2D eigenvalue weighted by molar-refractivity contribution is 7.92. The van der Waals surface area contributed by atoms with Crippen molar-refractivity contribution in [1.82, 2.24) is 26.2 Å². The minimum atomic E-state index is -3.38. The van der Waals surface area contributed by atoms with Crippen molar-refractivity contribution >= 4 is 62.6 Å². The third kappa shape index (κ3) is 9.35. The van der Waals surface area contributed by atoms with E-state index >= 15 is 0 Å². The highest BCUT2D eigenvalue weighted by Gasteiger charge is 2.51. The summed E-state index contributed by atoms with van der Waals surface area (Å²) in [7, 11) is -3.38. The lowest BCUT2D eigenvalue weighted by Crippen LogP contribution is -2.65. The topological polar surface area (TPSA) is 171 Å². The van der Waals surface area contributed by atoms with E-state index in [1.807, 2.05) is 6.92 Å². The Kier molecular flexibility index (Phi) is 12.8. The van der Waals surface area contributed by atoms with Gasteiger partial charge < -0.3 is 26.2 Å². The van der Waals surface area contributed by atoms with E-state index in [2.05, 4.69) is 21.3 Å². The van der Waals surface area contributed by atoms with Crippen molar-refractivity contribution in [3.8, 4) is 0 Å². The van der Waals surface area contributed by atoms with Crippen LogP contribution in [-0.2, 0) is 29.0 Å². The van der Waals surface area contributed by atoms with Crippen LogP contribution in [-0.4, -0.2) is 94.9 Å². The monoisotopic (exact) mass is 733 g/mol. The molecular weight excluding hydrogens is 681 g/mol. The Morgan fingerprint density at radius 3 is 2.17 bits per heavy atom. The number of urea groups is 1. The van der Waals surface area contributed by atoms with Gasteiger partial charge >= 0.3 is 6.03 Å². The van der Waals surface area contributed by atoms with E-state index in [9.17, 15) is 32.4 Å². The molecule has 4 rings (SSSR count). The van der Waals surface area contributed by atoms with Gasteiger partial charge in [-0.2, -0.15) is 0 Å². The standard InChI is InChI=1S/C33H53Cl2N5O7S/c1-5-6-11-22(25(41)29(43)36-21-13-14-21)37-28(42)23-18-20(27(34)35)19-40(23)30(44)26(32(2,3)4)38-31(45)39-33(15-8-7-9-16-33)24-12-10-17-48(24,46)47/h20-24,26-27H,5-19H2,1-4H3,(H,36,43)(H,37,42)(H2,38,39,45)/t20-,22+,23+,24?,26-/m1/s1. The number of carbonyl (C=O) groups is 5. The van der Waals surface area contributed by atoms with Gasteiger partial charge in [0.05, 0.1) is 22.6 Å². The lowest BCUT2D eigenvalue weighted by molar-refractivity contribution is -0.144. The minimum Gasteiger partial charge on any atom is -0.347 e. The molecule has 2 heterocycles. The van der Waals surface area contributed by atoms with Gasteiger partial charge in [-0.25, -0.2) is 13.2 Å². The van der Waals surface area contributed by atoms with Gasteiger partial charge in [0.15, 0.2) is 9.84 Å². The Balaban J connectivity index is 1.54. The Bertz CT molecular complexity index is 1330. The molecule has 2 aliphatic heterocycles. The maximum Gasteiger partial charge on any atom is 0.315 e. The number of amides is 5. The van der Waals surface area contributed by atoms with Crippen LogP contribution in [0.2, 0.25) is 0 Å². The summed E-state index contributed by atoms with van der Waals surface area (Å²) in [5.41, 5.74) is -1.73. The zero-order valence-electron chi connectivity index (χ0n) is 28.6. The van der Waals surface area contributed by atoms with Gasteiger partial charge in [0.2, 0.25) is 17.6 Å². The Morgan fingerprint density at radius 2 is 1.62 bits per heavy atom. The van der Waals surface area contributed by atoms with E-state index in [4.69, 9.17) is 23.2 Å². The number of unbranched alkanes of at least 4 members (excludes halogenated alkanes) is 1. The first kappa shape index (κ1) is 38.7. The van der Waals surface area contributed by atoms with Gasteiger partial charge in [-0.15, -0.1) is 23.2 Å². The van der Waals surface area contributed by atoms with Crippen molar-refractivity contribution < 1.29 is 32.4 Å². The molecule has 0 spiro atoms. The third-order valence-corrected chi connectivity index (χ3v) is 13.5. The number of halogens is 2. The highest BCUT2D eigenvalue weighted by Crippen LogP contribution is 2.40. The molecule has 5 amide bonds. The Hall–Kier alpha value is -2.12. The molecular formula is C33H53Cl2N5O7S. The second-order valence-corrected chi connectivity index (χ2v) is 18.7. The summed E-state index contributed by atoms with van der Waals surface area (Å²) in [4.78, 5) is 68.1.